The van der Waals surface area contributed by atoms with Crippen LogP contribution in [0.3, 0.4) is 0 Å². The molecule has 2 aliphatic rings. The molecule has 2 heterocycles. The molecule has 190 valence electrons. The molecular weight excluding hydrogens is 482 g/mol. The Hall–Kier alpha value is -3.44. The van der Waals surface area contributed by atoms with Gasteiger partial charge in [-0.25, -0.2) is 9.37 Å². The number of fused-ring (bicyclic) bond motifs is 2. The molecule has 2 aromatic carbocycles. The number of nitrogens with two attached hydrogens (primary N) is 1. The number of rotatable bonds is 7. The Morgan fingerprint density at radius 3 is 2.69 bits per heavy atom. The molecule has 0 spiro atoms. The molecule has 0 saturated heterocycles. The molecule has 1 amide bonds. The minimum Gasteiger partial charge on any atom is -0.491 e. The van der Waals surface area contributed by atoms with Crippen LogP contribution in [0.1, 0.15) is 45.9 Å². The minimum absolute atomic E-state index is 0.0296. The van der Waals surface area contributed by atoms with Gasteiger partial charge in [-0.2, -0.15) is 13.2 Å². The third-order valence-electron chi connectivity index (χ3n) is 6.36. The highest BCUT2D eigenvalue weighted by atomic mass is 19.4. The molecule has 36 heavy (non-hydrogen) atoms. The van der Waals surface area contributed by atoms with Crippen LogP contribution in [0.25, 0.3) is 10.9 Å². The van der Waals surface area contributed by atoms with Gasteiger partial charge in [-0.15, -0.1) is 0 Å². The summed E-state index contributed by atoms with van der Waals surface area (Å²) in [5.41, 5.74) is 5.63. The first kappa shape index (κ1) is 24.3. The van der Waals surface area contributed by atoms with Gasteiger partial charge in [-0.1, -0.05) is 6.07 Å². The summed E-state index contributed by atoms with van der Waals surface area (Å²) in [6, 6.07) is 6.35. The number of anilines is 1. The van der Waals surface area contributed by atoms with Crippen molar-refractivity contribution in [3.05, 3.63) is 64.5 Å². The highest BCUT2D eigenvalue weighted by Crippen LogP contribution is 2.41. The van der Waals surface area contributed by atoms with Crippen molar-refractivity contribution in [1.82, 2.24) is 9.88 Å². The van der Waals surface area contributed by atoms with Crippen molar-refractivity contribution in [2.45, 2.75) is 37.8 Å². The van der Waals surface area contributed by atoms with E-state index >= 15 is 4.39 Å². The highest BCUT2D eigenvalue weighted by molar-refractivity contribution is 5.99. The number of nitrogens with zero attached hydrogens (tertiary/aromatic N) is 2. The summed E-state index contributed by atoms with van der Waals surface area (Å²) in [6.07, 6.45) is -2.57. The lowest BCUT2D eigenvalue weighted by Gasteiger charge is -2.29. The standard InChI is InChI=1S/C25H23F4N3O4/c26-19-10-20-13(7-14(11-33)23(30)31-20)8-18(19)24(34)32(5-6-35-16-2-3-16)21-12-36-22-9-15(25(27,28)29)1-4-17(21)22/h1,4,7-10,16,21,33H,2-3,5-6,11-12H2,(H2,30,31). The van der Waals surface area contributed by atoms with Crippen molar-refractivity contribution in [3.8, 4) is 5.75 Å². The van der Waals surface area contributed by atoms with Gasteiger partial charge in [0, 0.05) is 29.1 Å². The molecular formula is C25H23F4N3O4. The van der Waals surface area contributed by atoms with E-state index in [1.165, 1.54) is 23.1 Å². The largest absolute Gasteiger partial charge is 0.491 e. The average molecular weight is 505 g/mol. The molecule has 1 fully saturated rings. The zero-order chi connectivity index (χ0) is 25.6. The van der Waals surface area contributed by atoms with Gasteiger partial charge in [-0.3, -0.25) is 4.79 Å². The molecule has 1 atom stereocenters. The summed E-state index contributed by atoms with van der Waals surface area (Å²) in [5.74, 6) is -1.41. The minimum atomic E-state index is -4.54. The molecule has 1 saturated carbocycles. The highest BCUT2D eigenvalue weighted by Gasteiger charge is 2.37. The third-order valence-corrected chi connectivity index (χ3v) is 6.36. The summed E-state index contributed by atoms with van der Waals surface area (Å²) < 4.78 is 65.8. The van der Waals surface area contributed by atoms with Crippen LogP contribution in [0.2, 0.25) is 0 Å². The lowest BCUT2D eigenvalue weighted by molar-refractivity contribution is -0.137. The number of carbonyl (C=O) groups excluding carboxylic acids is 1. The number of alkyl halides is 3. The second-order valence-electron chi connectivity index (χ2n) is 8.86. The first-order valence-corrected chi connectivity index (χ1v) is 11.4. The quantitative estimate of drug-likeness (QED) is 0.467. The molecule has 1 aliphatic carbocycles. The Labute approximate surface area is 203 Å². The van der Waals surface area contributed by atoms with Crippen molar-refractivity contribution in [2.75, 3.05) is 25.5 Å². The summed E-state index contributed by atoms with van der Waals surface area (Å²) >= 11 is 0. The monoisotopic (exact) mass is 505 g/mol. The van der Waals surface area contributed by atoms with Crippen LogP contribution in [0.4, 0.5) is 23.4 Å². The van der Waals surface area contributed by atoms with Crippen LogP contribution in [-0.4, -0.2) is 46.8 Å². The van der Waals surface area contributed by atoms with Crippen molar-refractivity contribution in [3.63, 3.8) is 0 Å². The predicted octanol–water partition coefficient (Wildman–Crippen LogP) is 4.22. The Bertz CT molecular complexity index is 1330. The molecule has 3 aromatic rings. The fraction of sp³-hybridized carbons (Fsp3) is 0.360. The Kier molecular flexibility index (Phi) is 6.21. The Balaban J connectivity index is 1.50. The number of aromatic nitrogens is 1. The second-order valence-corrected chi connectivity index (χ2v) is 8.86. The summed E-state index contributed by atoms with van der Waals surface area (Å²) in [5, 5.41) is 9.89. The maximum atomic E-state index is 15.1. The maximum Gasteiger partial charge on any atom is 0.416 e. The first-order chi connectivity index (χ1) is 17.2. The van der Waals surface area contributed by atoms with Crippen molar-refractivity contribution >= 4 is 22.6 Å². The van der Waals surface area contributed by atoms with Crippen LogP contribution in [-0.2, 0) is 17.5 Å². The fourth-order valence-electron chi connectivity index (χ4n) is 4.28. The number of nitrogen functional groups attached to an aromatic ring is 1. The molecule has 7 nitrogen and oxygen atoms in total. The molecule has 0 radical (unpaired) electrons. The summed E-state index contributed by atoms with van der Waals surface area (Å²) in [6.45, 7) is -0.183. The molecule has 11 heteroatoms. The van der Waals surface area contributed by atoms with Gasteiger partial charge in [-0.05, 0) is 37.1 Å². The van der Waals surface area contributed by atoms with Gasteiger partial charge in [0.1, 0.15) is 24.0 Å². The van der Waals surface area contributed by atoms with Gasteiger partial charge in [0.15, 0.2) is 0 Å². The van der Waals surface area contributed by atoms with Gasteiger partial charge in [0.25, 0.3) is 5.91 Å². The molecule has 3 N–H and O–H groups in total. The van der Waals surface area contributed by atoms with E-state index in [9.17, 15) is 23.1 Å². The smallest absolute Gasteiger partial charge is 0.416 e. The fourth-order valence-corrected chi connectivity index (χ4v) is 4.28. The number of hydrogen-bond acceptors (Lipinski definition) is 6. The van der Waals surface area contributed by atoms with Crippen LogP contribution in [0, 0.1) is 5.82 Å². The zero-order valence-electron chi connectivity index (χ0n) is 19.0. The lowest BCUT2D eigenvalue weighted by Crippen LogP contribution is -2.38. The molecule has 5 rings (SSSR count). The number of pyridine rings is 1. The molecule has 1 aromatic heterocycles. The van der Waals surface area contributed by atoms with Crippen molar-refractivity contribution in [2.24, 2.45) is 0 Å². The zero-order valence-corrected chi connectivity index (χ0v) is 19.0. The van der Waals surface area contributed by atoms with E-state index in [-0.39, 0.29) is 55.1 Å². The average Bonchev–Trinajstić information content (AvgIpc) is 3.57. The van der Waals surface area contributed by atoms with Crippen LogP contribution < -0.4 is 10.5 Å². The number of amides is 1. The third kappa shape index (κ3) is 4.68. The van der Waals surface area contributed by atoms with E-state index in [2.05, 4.69) is 4.98 Å². The first-order valence-electron chi connectivity index (χ1n) is 11.4. The second kappa shape index (κ2) is 9.21. The number of hydrogen-bond donors (Lipinski definition) is 2. The van der Waals surface area contributed by atoms with Gasteiger partial charge < -0.3 is 25.2 Å². The maximum absolute atomic E-state index is 15.1. The van der Waals surface area contributed by atoms with E-state index in [0.717, 1.165) is 31.0 Å². The van der Waals surface area contributed by atoms with Crippen molar-refractivity contribution in [1.29, 1.82) is 0 Å². The molecule has 1 unspecified atom stereocenters. The van der Waals surface area contributed by atoms with E-state index in [1.54, 1.807) is 0 Å². The van der Waals surface area contributed by atoms with Crippen LogP contribution in [0.5, 0.6) is 5.75 Å². The van der Waals surface area contributed by atoms with E-state index in [4.69, 9.17) is 15.2 Å². The number of carbonyl (C=O) groups is 1. The summed E-state index contributed by atoms with van der Waals surface area (Å²) in [4.78, 5) is 19.1. The SMILES string of the molecule is Nc1nc2cc(F)c(C(=O)N(CCOC3CC3)C3COc4cc(C(F)(F)F)ccc43)cc2cc1CO. The van der Waals surface area contributed by atoms with E-state index in [1.807, 2.05) is 0 Å². The normalized spacial score (nSPS) is 17.2. The summed E-state index contributed by atoms with van der Waals surface area (Å²) in [7, 11) is 0. The molecule has 1 aliphatic heterocycles. The predicted molar refractivity (Wildman–Crippen MR) is 122 cm³/mol. The van der Waals surface area contributed by atoms with Gasteiger partial charge >= 0.3 is 6.18 Å². The number of ether oxygens (including phenoxy) is 2. The van der Waals surface area contributed by atoms with Crippen LogP contribution >= 0.6 is 0 Å². The number of aliphatic hydroxyl groups is 1. The topological polar surface area (TPSA) is 97.9 Å². The molecule has 0 bridgehead atoms. The van der Waals surface area contributed by atoms with Crippen LogP contribution in [0.15, 0.2) is 36.4 Å². The van der Waals surface area contributed by atoms with Gasteiger partial charge in [0.2, 0.25) is 0 Å². The van der Waals surface area contributed by atoms with E-state index < -0.39 is 29.5 Å². The lowest BCUT2D eigenvalue weighted by atomic mass is 10.0. The Morgan fingerprint density at radius 1 is 1.22 bits per heavy atom. The van der Waals surface area contributed by atoms with Gasteiger partial charge in [0.05, 0.1) is 42.0 Å². The van der Waals surface area contributed by atoms with Crippen molar-refractivity contribution < 1.29 is 36.9 Å². The number of aliphatic hydroxyl groups excluding tert-OH is 1. The van der Waals surface area contributed by atoms with E-state index in [0.29, 0.717) is 16.5 Å². The number of halogens is 4. The number of benzene rings is 2. The Morgan fingerprint density at radius 2 is 2.00 bits per heavy atom.